The van der Waals surface area contributed by atoms with Crippen LogP contribution in [0.2, 0.25) is 0 Å². The molecule has 0 spiro atoms. The van der Waals surface area contributed by atoms with Gasteiger partial charge in [-0.25, -0.2) is 4.39 Å². The predicted octanol–water partition coefficient (Wildman–Crippen LogP) is 5.24. The highest BCUT2D eigenvalue weighted by molar-refractivity contribution is 5.46. The minimum Gasteiger partial charge on any atom is -0.493 e. The predicted molar refractivity (Wildman–Crippen MR) is 117 cm³/mol. The van der Waals surface area contributed by atoms with E-state index in [1.54, 1.807) is 12.1 Å². The Bertz CT molecular complexity index is 1010. The second-order valence-corrected chi connectivity index (χ2v) is 8.25. The summed E-state index contributed by atoms with van der Waals surface area (Å²) in [7, 11) is 0. The van der Waals surface area contributed by atoms with Crippen LogP contribution in [-0.4, -0.2) is 31.4 Å². The fourth-order valence-electron chi connectivity index (χ4n) is 4.58. The van der Waals surface area contributed by atoms with Crippen LogP contribution in [0.4, 0.5) is 4.39 Å². The molecule has 5 rings (SSSR count). The van der Waals surface area contributed by atoms with Crippen LogP contribution in [0.3, 0.4) is 0 Å². The smallest absolute Gasteiger partial charge is 0.231 e. The van der Waals surface area contributed by atoms with Crippen LogP contribution in [0.15, 0.2) is 72.8 Å². The lowest BCUT2D eigenvalue weighted by Crippen LogP contribution is -2.41. The minimum atomic E-state index is -0.196. The molecule has 5 heteroatoms. The molecule has 0 bridgehead atoms. The molecule has 3 aromatic carbocycles. The van der Waals surface area contributed by atoms with Crippen molar-refractivity contribution >= 4 is 0 Å². The Labute approximate surface area is 182 Å². The van der Waals surface area contributed by atoms with Crippen molar-refractivity contribution in [3.05, 3.63) is 89.7 Å². The number of rotatable bonds is 6. The van der Waals surface area contributed by atoms with Gasteiger partial charge in [0.15, 0.2) is 11.5 Å². The number of ether oxygens (including phenoxy) is 3. The molecule has 31 heavy (non-hydrogen) atoms. The molecule has 2 aliphatic rings. The molecule has 0 N–H and O–H groups in total. The Morgan fingerprint density at radius 1 is 0.935 bits per heavy atom. The van der Waals surface area contributed by atoms with Crippen LogP contribution in [-0.2, 0) is 6.54 Å². The highest BCUT2D eigenvalue weighted by Crippen LogP contribution is 2.37. The van der Waals surface area contributed by atoms with E-state index in [0.29, 0.717) is 18.4 Å². The summed E-state index contributed by atoms with van der Waals surface area (Å²) in [5, 5.41) is 0. The number of hydrogen-bond acceptors (Lipinski definition) is 4. The summed E-state index contributed by atoms with van der Waals surface area (Å²) in [6, 6.07) is 23.2. The van der Waals surface area contributed by atoms with Crippen molar-refractivity contribution in [3.8, 4) is 17.2 Å². The highest BCUT2D eigenvalue weighted by Gasteiger charge is 2.31. The maximum Gasteiger partial charge on any atom is 0.231 e. The normalized spacial score (nSPS) is 20.5. The summed E-state index contributed by atoms with van der Waals surface area (Å²) in [6.45, 7) is 3.71. The maximum absolute atomic E-state index is 13.5. The molecule has 160 valence electrons. The van der Waals surface area contributed by atoms with E-state index < -0.39 is 0 Å². The van der Waals surface area contributed by atoms with Gasteiger partial charge in [-0.3, -0.25) is 4.90 Å². The van der Waals surface area contributed by atoms with Crippen LogP contribution in [0.25, 0.3) is 0 Å². The Morgan fingerprint density at radius 2 is 1.74 bits per heavy atom. The molecule has 1 fully saturated rings. The van der Waals surface area contributed by atoms with Gasteiger partial charge in [0, 0.05) is 25.1 Å². The summed E-state index contributed by atoms with van der Waals surface area (Å²) >= 11 is 0. The van der Waals surface area contributed by atoms with E-state index in [0.717, 1.165) is 43.3 Å². The zero-order chi connectivity index (χ0) is 21.0. The van der Waals surface area contributed by atoms with Crippen LogP contribution in [0.5, 0.6) is 17.2 Å². The lowest BCUT2D eigenvalue weighted by Gasteiger charge is -2.39. The second-order valence-electron chi connectivity index (χ2n) is 8.25. The van der Waals surface area contributed by atoms with Crippen molar-refractivity contribution in [1.29, 1.82) is 0 Å². The Hall–Kier alpha value is -3.05. The van der Waals surface area contributed by atoms with E-state index in [2.05, 4.69) is 29.2 Å². The fourth-order valence-corrected chi connectivity index (χ4v) is 4.58. The van der Waals surface area contributed by atoms with Crippen molar-refractivity contribution < 1.29 is 18.6 Å². The highest BCUT2D eigenvalue weighted by atomic mass is 19.1. The van der Waals surface area contributed by atoms with Crippen molar-refractivity contribution in [2.75, 3.05) is 26.5 Å². The SMILES string of the molecule is Fc1ccc(C2CCN(Cc3ccccc3)CC2COc2ccc3c(c2)OCO3)cc1. The summed E-state index contributed by atoms with van der Waals surface area (Å²) in [6.07, 6.45) is 1.02. The molecule has 0 aromatic heterocycles. The van der Waals surface area contributed by atoms with E-state index in [-0.39, 0.29) is 12.6 Å². The summed E-state index contributed by atoms with van der Waals surface area (Å²) in [5.41, 5.74) is 2.50. The van der Waals surface area contributed by atoms with E-state index in [1.165, 1.54) is 11.1 Å². The number of halogens is 1. The first-order valence-electron chi connectivity index (χ1n) is 10.8. The topological polar surface area (TPSA) is 30.9 Å². The third kappa shape index (κ3) is 4.67. The number of fused-ring (bicyclic) bond motifs is 1. The van der Waals surface area contributed by atoms with Gasteiger partial charge in [-0.1, -0.05) is 42.5 Å². The molecule has 0 amide bonds. The van der Waals surface area contributed by atoms with E-state index in [4.69, 9.17) is 14.2 Å². The molecule has 0 aliphatic carbocycles. The second kappa shape index (κ2) is 8.98. The molecule has 1 saturated heterocycles. The summed E-state index contributed by atoms with van der Waals surface area (Å²) in [5.74, 6) is 2.70. The van der Waals surface area contributed by atoms with E-state index in [1.807, 2.05) is 36.4 Å². The third-order valence-electron chi connectivity index (χ3n) is 6.17. The number of hydrogen-bond donors (Lipinski definition) is 0. The van der Waals surface area contributed by atoms with E-state index >= 15 is 0 Å². The average Bonchev–Trinajstić information content (AvgIpc) is 3.27. The molecule has 0 saturated carbocycles. The first kappa shape index (κ1) is 19.9. The molecule has 2 heterocycles. The van der Waals surface area contributed by atoms with Gasteiger partial charge in [0.05, 0.1) is 6.61 Å². The van der Waals surface area contributed by atoms with Gasteiger partial charge in [-0.05, 0) is 54.3 Å². The minimum absolute atomic E-state index is 0.196. The number of benzene rings is 3. The number of piperidine rings is 1. The molecular formula is C26H26FNO3. The van der Waals surface area contributed by atoms with Crippen LogP contribution < -0.4 is 14.2 Å². The Balaban J connectivity index is 1.31. The first-order chi connectivity index (χ1) is 15.2. The van der Waals surface area contributed by atoms with Crippen molar-refractivity contribution in [2.24, 2.45) is 5.92 Å². The Morgan fingerprint density at radius 3 is 2.58 bits per heavy atom. The van der Waals surface area contributed by atoms with Crippen molar-refractivity contribution in [2.45, 2.75) is 18.9 Å². The molecule has 2 aliphatic heterocycles. The van der Waals surface area contributed by atoms with Crippen LogP contribution in [0.1, 0.15) is 23.5 Å². The standard InChI is InChI=1S/C26H26FNO3/c27-22-8-6-20(7-9-22)24-12-13-28(15-19-4-2-1-3-5-19)16-21(24)17-29-23-10-11-25-26(14-23)31-18-30-25/h1-11,14,21,24H,12-13,15-18H2. The molecule has 4 nitrogen and oxygen atoms in total. The molecule has 2 atom stereocenters. The molecule has 0 radical (unpaired) electrons. The number of likely N-dealkylation sites (tertiary alicyclic amines) is 1. The van der Waals surface area contributed by atoms with Gasteiger partial charge in [-0.15, -0.1) is 0 Å². The third-order valence-corrected chi connectivity index (χ3v) is 6.17. The van der Waals surface area contributed by atoms with Gasteiger partial charge in [0.2, 0.25) is 6.79 Å². The lowest BCUT2D eigenvalue weighted by atomic mass is 9.80. The summed E-state index contributed by atoms with van der Waals surface area (Å²) in [4.78, 5) is 2.49. The zero-order valence-electron chi connectivity index (χ0n) is 17.4. The maximum atomic E-state index is 13.5. The van der Waals surface area contributed by atoms with Gasteiger partial charge in [-0.2, -0.15) is 0 Å². The zero-order valence-corrected chi connectivity index (χ0v) is 17.4. The summed E-state index contributed by atoms with van der Waals surface area (Å²) < 4.78 is 30.5. The van der Waals surface area contributed by atoms with Crippen molar-refractivity contribution in [1.82, 2.24) is 4.90 Å². The van der Waals surface area contributed by atoms with Gasteiger partial charge in [0.25, 0.3) is 0 Å². The van der Waals surface area contributed by atoms with Gasteiger partial charge in [0.1, 0.15) is 11.6 Å². The van der Waals surface area contributed by atoms with Crippen LogP contribution in [0, 0.1) is 11.7 Å². The fraction of sp³-hybridized carbons (Fsp3) is 0.308. The largest absolute Gasteiger partial charge is 0.493 e. The first-order valence-corrected chi connectivity index (χ1v) is 10.8. The quantitative estimate of drug-likeness (QED) is 0.547. The molecule has 2 unspecified atom stereocenters. The van der Waals surface area contributed by atoms with E-state index in [9.17, 15) is 4.39 Å². The Kier molecular flexibility index (Phi) is 5.76. The number of nitrogens with zero attached hydrogens (tertiary/aromatic N) is 1. The van der Waals surface area contributed by atoms with Gasteiger partial charge < -0.3 is 14.2 Å². The molecule has 3 aromatic rings. The molecular weight excluding hydrogens is 393 g/mol. The van der Waals surface area contributed by atoms with Crippen LogP contribution >= 0.6 is 0 Å². The lowest BCUT2D eigenvalue weighted by molar-refractivity contribution is 0.106. The van der Waals surface area contributed by atoms with Crippen molar-refractivity contribution in [3.63, 3.8) is 0 Å². The average molecular weight is 419 g/mol. The monoisotopic (exact) mass is 419 g/mol. The van der Waals surface area contributed by atoms with Gasteiger partial charge >= 0.3 is 0 Å².